The van der Waals surface area contributed by atoms with E-state index in [2.05, 4.69) is 4.98 Å². The lowest BCUT2D eigenvalue weighted by Gasteiger charge is -2.15. The van der Waals surface area contributed by atoms with E-state index < -0.39 is 0 Å². The van der Waals surface area contributed by atoms with Gasteiger partial charge in [0.25, 0.3) is 5.22 Å². The zero-order valence-electron chi connectivity index (χ0n) is 9.71. The molecule has 2 aromatic rings. The highest BCUT2D eigenvalue weighted by atomic mass is 32.2. The second kappa shape index (κ2) is 5.25. The number of hydrogen-bond acceptors (Lipinski definition) is 5. The number of methoxy groups -OCH3 is 1. The lowest BCUT2D eigenvalue weighted by atomic mass is 10.1. The average Bonchev–Trinajstić information content (AvgIpc) is 2.81. The highest BCUT2D eigenvalue weighted by Crippen LogP contribution is 2.36. The zero-order valence-corrected chi connectivity index (χ0v) is 10.5. The second-order valence-electron chi connectivity index (χ2n) is 3.56. The van der Waals surface area contributed by atoms with Crippen LogP contribution in [0.5, 0.6) is 5.75 Å². The lowest BCUT2D eigenvalue weighted by Crippen LogP contribution is -2.08. The summed E-state index contributed by atoms with van der Waals surface area (Å²) in [4.78, 5) is 5.08. The van der Waals surface area contributed by atoms with Gasteiger partial charge in [-0.1, -0.05) is 6.07 Å². The summed E-state index contributed by atoms with van der Waals surface area (Å²) in [6.07, 6.45) is 3.17. The number of rotatable bonds is 4. The minimum Gasteiger partial charge on any atom is -0.496 e. The molecular weight excluding hydrogens is 236 g/mol. The summed E-state index contributed by atoms with van der Waals surface area (Å²) in [6.45, 7) is 1.93. The van der Waals surface area contributed by atoms with E-state index in [1.54, 1.807) is 19.6 Å². The van der Waals surface area contributed by atoms with Crippen LogP contribution in [0.15, 0.2) is 45.2 Å². The number of ether oxygens (including phenoxy) is 1. The molecule has 90 valence electrons. The summed E-state index contributed by atoms with van der Waals surface area (Å²) in [7, 11) is 1.64. The van der Waals surface area contributed by atoms with E-state index in [9.17, 15) is 0 Å². The van der Waals surface area contributed by atoms with Gasteiger partial charge in [-0.05, 0) is 30.8 Å². The minimum absolute atomic E-state index is 0.108. The Bertz CT molecular complexity index is 483. The SMILES string of the molecule is COc1cccc(Sc2ncco2)c1[C@H](C)N. The largest absolute Gasteiger partial charge is 0.496 e. The fourth-order valence-corrected chi connectivity index (χ4v) is 2.54. The summed E-state index contributed by atoms with van der Waals surface area (Å²) in [6, 6.07) is 5.70. The highest BCUT2D eigenvalue weighted by Gasteiger charge is 2.15. The Morgan fingerprint density at radius 2 is 2.29 bits per heavy atom. The van der Waals surface area contributed by atoms with E-state index in [0.717, 1.165) is 16.2 Å². The predicted octanol–water partition coefficient (Wildman–Crippen LogP) is 2.85. The molecule has 1 aromatic heterocycles. The summed E-state index contributed by atoms with van der Waals surface area (Å²) >= 11 is 1.44. The van der Waals surface area contributed by atoms with E-state index in [1.807, 2.05) is 25.1 Å². The van der Waals surface area contributed by atoms with Crippen molar-refractivity contribution in [2.75, 3.05) is 7.11 Å². The molecule has 4 nitrogen and oxygen atoms in total. The van der Waals surface area contributed by atoms with Gasteiger partial charge in [0.05, 0.1) is 13.3 Å². The van der Waals surface area contributed by atoms with Crippen molar-refractivity contribution < 1.29 is 9.15 Å². The molecule has 0 aliphatic carbocycles. The molecule has 17 heavy (non-hydrogen) atoms. The molecule has 0 spiro atoms. The van der Waals surface area contributed by atoms with Crippen LogP contribution < -0.4 is 10.5 Å². The Balaban J connectivity index is 2.39. The zero-order chi connectivity index (χ0) is 12.3. The van der Waals surface area contributed by atoms with Crippen LogP contribution in [0, 0.1) is 0 Å². The number of nitrogens with two attached hydrogens (primary N) is 1. The normalized spacial score (nSPS) is 12.4. The Labute approximate surface area is 104 Å². The Kier molecular flexibility index (Phi) is 3.71. The molecule has 0 saturated carbocycles. The maximum atomic E-state index is 5.98. The third-order valence-corrected chi connectivity index (χ3v) is 3.26. The maximum Gasteiger partial charge on any atom is 0.260 e. The van der Waals surface area contributed by atoms with Crippen LogP contribution in [-0.4, -0.2) is 12.1 Å². The van der Waals surface area contributed by atoms with Crippen molar-refractivity contribution in [1.82, 2.24) is 4.98 Å². The molecule has 0 unspecified atom stereocenters. The van der Waals surface area contributed by atoms with Gasteiger partial charge in [0.2, 0.25) is 0 Å². The minimum atomic E-state index is -0.108. The van der Waals surface area contributed by atoms with Crippen LogP contribution in [0.2, 0.25) is 0 Å². The lowest BCUT2D eigenvalue weighted by molar-refractivity contribution is 0.405. The van der Waals surface area contributed by atoms with E-state index in [-0.39, 0.29) is 6.04 Å². The monoisotopic (exact) mass is 250 g/mol. The molecule has 0 radical (unpaired) electrons. The van der Waals surface area contributed by atoms with Crippen molar-refractivity contribution in [1.29, 1.82) is 0 Å². The molecule has 2 N–H and O–H groups in total. The van der Waals surface area contributed by atoms with E-state index in [1.165, 1.54) is 11.8 Å². The first-order chi connectivity index (χ1) is 8.22. The van der Waals surface area contributed by atoms with Crippen LogP contribution in [0.25, 0.3) is 0 Å². The van der Waals surface area contributed by atoms with Gasteiger partial charge < -0.3 is 14.9 Å². The third-order valence-electron chi connectivity index (χ3n) is 2.31. The smallest absolute Gasteiger partial charge is 0.260 e. The van der Waals surface area contributed by atoms with Crippen LogP contribution >= 0.6 is 11.8 Å². The van der Waals surface area contributed by atoms with Gasteiger partial charge in [-0.25, -0.2) is 4.98 Å². The van der Waals surface area contributed by atoms with Gasteiger partial charge >= 0.3 is 0 Å². The fraction of sp³-hybridized carbons (Fsp3) is 0.250. The number of aromatic nitrogens is 1. The number of nitrogens with zero attached hydrogens (tertiary/aromatic N) is 1. The van der Waals surface area contributed by atoms with Crippen molar-refractivity contribution >= 4 is 11.8 Å². The van der Waals surface area contributed by atoms with Crippen molar-refractivity contribution in [3.63, 3.8) is 0 Å². The molecule has 1 atom stereocenters. The maximum absolute atomic E-state index is 5.98. The Morgan fingerprint density at radius 1 is 1.47 bits per heavy atom. The van der Waals surface area contributed by atoms with Crippen molar-refractivity contribution in [2.24, 2.45) is 5.73 Å². The molecule has 1 aromatic carbocycles. The molecule has 0 amide bonds. The highest BCUT2D eigenvalue weighted by molar-refractivity contribution is 7.99. The fourth-order valence-electron chi connectivity index (χ4n) is 1.59. The predicted molar refractivity (Wildman–Crippen MR) is 66.2 cm³/mol. The Hall–Kier alpha value is -1.46. The van der Waals surface area contributed by atoms with E-state index >= 15 is 0 Å². The van der Waals surface area contributed by atoms with Crippen LogP contribution in [-0.2, 0) is 0 Å². The van der Waals surface area contributed by atoms with Gasteiger partial charge in [-0.2, -0.15) is 0 Å². The van der Waals surface area contributed by atoms with Crippen LogP contribution in [0.3, 0.4) is 0 Å². The van der Waals surface area contributed by atoms with E-state index in [0.29, 0.717) is 5.22 Å². The quantitative estimate of drug-likeness (QED) is 0.904. The average molecular weight is 250 g/mol. The van der Waals surface area contributed by atoms with Crippen molar-refractivity contribution in [3.05, 3.63) is 36.2 Å². The summed E-state index contributed by atoms with van der Waals surface area (Å²) in [5.41, 5.74) is 6.95. The van der Waals surface area contributed by atoms with Crippen LogP contribution in [0.4, 0.5) is 0 Å². The topological polar surface area (TPSA) is 61.3 Å². The summed E-state index contributed by atoms with van der Waals surface area (Å²) in [5, 5.41) is 0.597. The standard InChI is InChI=1S/C12H14N2O2S/c1-8(13)11-9(15-2)4-3-5-10(11)17-12-14-6-7-16-12/h3-8H,13H2,1-2H3/t8-/m0/s1. The number of benzene rings is 1. The van der Waals surface area contributed by atoms with E-state index in [4.69, 9.17) is 14.9 Å². The molecular formula is C12H14N2O2S. The molecule has 0 aliphatic rings. The summed E-state index contributed by atoms with van der Waals surface area (Å²) in [5.74, 6) is 0.788. The molecule has 0 fully saturated rings. The molecule has 1 heterocycles. The van der Waals surface area contributed by atoms with Crippen molar-refractivity contribution in [2.45, 2.75) is 23.1 Å². The van der Waals surface area contributed by atoms with Crippen molar-refractivity contribution in [3.8, 4) is 5.75 Å². The summed E-state index contributed by atoms with van der Waals surface area (Å²) < 4.78 is 10.5. The Morgan fingerprint density at radius 3 is 2.88 bits per heavy atom. The van der Waals surface area contributed by atoms with Crippen LogP contribution in [0.1, 0.15) is 18.5 Å². The molecule has 5 heteroatoms. The second-order valence-corrected chi connectivity index (χ2v) is 4.55. The molecule has 0 aliphatic heterocycles. The van der Waals surface area contributed by atoms with Gasteiger partial charge in [0, 0.05) is 16.5 Å². The van der Waals surface area contributed by atoms with Gasteiger partial charge in [-0.15, -0.1) is 0 Å². The first-order valence-corrected chi connectivity index (χ1v) is 6.04. The van der Waals surface area contributed by atoms with Gasteiger partial charge in [0.15, 0.2) is 0 Å². The molecule has 0 saturated heterocycles. The number of oxazole rings is 1. The third kappa shape index (κ3) is 2.62. The number of hydrogen-bond donors (Lipinski definition) is 1. The molecule has 2 rings (SSSR count). The first-order valence-electron chi connectivity index (χ1n) is 5.22. The first kappa shape index (κ1) is 12.0. The van der Waals surface area contributed by atoms with Gasteiger partial charge in [-0.3, -0.25) is 0 Å². The van der Waals surface area contributed by atoms with Gasteiger partial charge in [0.1, 0.15) is 12.0 Å². The molecule has 0 bridgehead atoms.